The van der Waals surface area contributed by atoms with Crippen LogP contribution in [-0.4, -0.2) is 23.6 Å². The molecule has 3 aromatic carbocycles. The van der Waals surface area contributed by atoms with Crippen LogP contribution in [0.3, 0.4) is 0 Å². The first-order valence-corrected chi connectivity index (χ1v) is 11.1. The number of carbonyl (C=O) groups is 3. The van der Waals surface area contributed by atoms with E-state index in [-0.39, 0.29) is 23.9 Å². The number of hydrogen-bond acceptors (Lipinski definition) is 4. The Labute approximate surface area is 187 Å². The molecule has 1 heterocycles. The van der Waals surface area contributed by atoms with Crippen molar-refractivity contribution in [2.75, 3.05) is 0 Å². The standard InChI is InChI=1S/C28H24O4/c29-24(17-23-21-14-6-4-12-19(21)20-13-5-7-15-22(20)23)26-27(30)25(32-28(26)31)16-8-11-18-9-2-1-3-10-18/h1-7,9-10,12-15,23,25-26H,8,11,16-17H2. The number of rotatable bonds is 7. The lowest BCUT2D eigenvalue weighted by atomic mass is 9.86. The van der Waals surface area contributed by atoms with Crippen molar-refractivity contribution in [2.45, 2.75) is 37.7 Å². The maximum atomic E-state index is 13.2. The summed E-state index contributed by atoms with van der Waals surface area (Å²) in [7, 11) is 0. The first-order chi connectivity index (χ1) is 15.6. The number of ether oxygens (including phenoxy) is 1. The molecular formula is C28H24O4. The molecule has 32 heavy (non-hydrogen) atoms. The molecule has 1 aliphatic heterocycles. The van der Waals surface area contributed by atoms with Crippen LogP contribution in [0.4, 0.5) is 0 Å². The van der Waals surface area contributed by atoms with Gasteiger partial charge in [0.2, 0.25) is 0 Å². The van der Waals surface area contributed by atoms with Crippen LogP contribution in [0.2, 0.25) is 0 Å². The minimum Gasteiger partial charge on any atom is -0.453 e. The van der Waals surface area contributed by atoms with E-state index in [4.69, 9.17) is 4.74 Å². The van der Waals surface area contributed by atoms with Gasteiger partial charge in [-0.15, -0.1) is 0 Å². The highest BCUT2D eigenvalue weighted by Crippen LogP contribution is 2.46. The Bertz CT molecular complexity index is 1140. The third-order valence-electron chi connectivity index (χ3n) is 6.56. The van der Waals surface area contributed by atoms with Crippen molar-refractivity contribution in [3.8, 4) is 11.1 Å². The average molecular weight is 424 g/mol. The molecular weight excluding hydrogens is 400 g/mol. The van der Waals surface area contributed by atoms with Gasteiger partial charge in [-0.05, 0) is 47.1 Å². The summed E-state index contributed by atoms with van der Waals surface area (Å²) in [5.74, 6) is -2.86. The summed E-state index contributed by atoms with van der Waals surface area (Å²) >= 11 is 0. The second-order valence-electron chi connectivity index (χ2n) is 8.54. The maximum Gasteiger partial charge on any atom is 0.325 e. The number of fused-ring (bicyclic) bond motifs is 3. The Hall–Kier alpha value is -3.53. The third kappa shape index (κ3) is 3.66. The maximum absolute atomic E-state index is 13.2. The van der Waals surface area contributed by atoms with Gasteiger partial charge >= 0.3 is 5.97 Å². The summed E-state index contributed by atoms with van der Waals surface area (Å²) in [5.41, 5.74) is 5.54. The smallest absolute Gasteiger partial charge is 0.325 e. The molecule has 160 valence electrons. The molecule has 0 amide bonds. The zero-order valence-electron chi connectivity index (χ0n) is 17.7. The fourth-order valence-electron chi connectivity index (χ4n) is 4.99. The largest absolute Gasteiger partial charge is 0.453 e. The van der Waals surface area contributed by atoms with Crippen LogP contribution in [0.15, 0.2) is 78.9 Å². The Morgan fingerprint density at radius 2 is 1.38 bits per heavy atom. The van der Waals surface area contributed by atoms with Crippen LogP contribution in [0.1, 0.15) is 41.9 Å². The van der Waals surface area contributed by atoms with Gasteiger partial charge in [0.1, 0.15) is 0 Å². The number of aryl methyl sites for hydroxylation is 1. The van der Waals surface area contributed by atoms with Gasteiger partial charge in [0.15, 0.2) is 23.6 Å². The predicted octanol–water partition coefficient (Wildman–Crippen LogP) is 4.89. The number of esters is 1. The number of carbonyl (C=O) groups excluding carboxylic acids is 3. The number of hydrogen-bond donors (Lipinski definition) is 0. The summed E-state index contributed by atoms with van der Waals surface area (Å²) in [6.07, 6.45) is 1.27. The molecule has 1 saturated heterocycles. The van der Waals surface area contributed by atoms with E-state index >= 15 is 0 Å². The molecule has 4 heteroatoms. The lowest BCUT2D eigenvalue weighted by Gasteiger charge is -2.14. The monoisotopic (exact) mass is 424 g/mol. The second kappa shape index (κ2) is 8.54. The van der Waals surface area contributed by atoms with Gasteiger partial charge in [-0.2, -0.15) is 0 Å². The predicted molar refractivity (Wildman–Crippen MR) is 121 cm³/mol. The molecule has 5 rings (SSSR count). The highest BCUT2D eigenvalue weighted by molar-refractivity contribution is 6.22. The third-order valence-corrected chi connectivity index (χ3v) is 6.56. The molecule has 4 nitrogen and oxygen atoms in total. The summed E-state index contributed by atoms with van der Waals surface area (Å²) in [5, 5.41) is 0. The van der Waals surface area contributed by atoms with Crippen LogP contribution in [0, 0.1) is 5.92 Å². The van der Waals surface area contributed by atoms with Gasteiger partial charge in [0.25, 0.3) is 0 Å². The van der Waals surface area contributed by atoms with E-state index in [0.29, 0.717) is 6.42 Å². The van der Waals surface area contributed by atoms with Crippen LogP contribution >= 0.6 is 0 Å². The molecule has 2 aliphatic rings. The molecule has 1 fully saturated rings. The summed E-state index contributed by atoms with van der Waals surface area (Å²) < 4.78 is 5.34. The molecule has 0 bridgehead atoms. The molecule has 3 aromatic rings. The van der Waals surface area contributed by atoms with Crippen molar-refractivity contribution < 1.29 is 19.1 Å². The Morgan fingerprint density at radius 1 is 0.781 bits per heavy atom. The van der Waals surface area contributed by atoms with Gasteiger partial charge in [0.05, 0.1) is 0 Å². The quantitative estimate of drug-likeness (QED) is 0.400. The van der Waals surface area contributed by atoms with Gasteiger partial charge in [-0.1, -0.05) is 78.9 Å². The first kappa shape index (κ1) is 20.4. The first-order valence-electron chi connectivity index (χ1n) is 11.1. The van der Waals surface area contributed by atoms with E-state index in [0.717, 1.165) is 35.1 Å². The Balaban J connectivity index is 1.28. The summed E-state index contributed by atoms with van der Waals surface area (Å²) in [6.45, 7) is 0. The van der Waals surface area contributed by atoms with Crippen LogP contribution < -0.4 is 0 Å². The van der Waals surface area contributed by atoms with Crippen molar-refractivity contribution in [3.05, 3.63) is 95.6 Å². The molecule has 0 N–H and O–H groups in total. The van der Waals surface area contributed by atoms with Crippen LogP contribution in [0.25, 0.3) is 11.1 Å². The van der Waals surface area contributed by atoms with Crippen molar-refractivity contribution in [3.63, 3.8) is 0 Å². The van der Waals surface area contributed by atoms with E-state index in [2.05, 4.69) is 12.1 Å². The minimum atomic E-state index is -1.29. The van der Waals surface area contributed by atoms with Crippen molar-refractivity contribution in [1.82, 2.24) is 0 Å². The minimum absolute atomic E-state index is 0.121. The lowest BCUT2D eigenvalue weighted by molar-refractivity contribution is -0.147. The number of ketones is 2. The normalized spacial score (nSPS) is 19.5. The van der Waals surface area contributed by atoms with Crippen molar-refractivity contribution in [2.24, 2.45) is 5.92 Å². The molecule has 2 atom stereocenters. The van der Waals surface area contributed by atoms with Crippen LogP contribution in [0.5, 0.6) is 0 Å². The van der Waals surface area contributed by atoms with E-state index < -0.39 is 18.0 Å². The van der Waals surface area contributed by atoms with Gasteiger partial charge in [0, 0.05) is 12.3 Å². The highest BCUT2D eigenvalue weighted by atomic mass is 16.6. The van der Waals surface area contributed by atoms with Gasteiger partial charge in [-0.25, -0.2) is 0 Å². The fraction of sp³-hybridized carbons (Fsp3) is 0.250. The number of cyclic esters (lactones) is 1. The number of Topliss-reactive ketones (excluding diaryl/α,β-unsaturated/α-hetero) is 2. The molecule has 0 saturated carbocycles. The van der Waals surface area contributed by atoms with Crippen molar-refractivity contribution >= 4 is 17.5 Å². The highest BCUT2D eigenvalue weighted by Gasteiger charge is 2.48. The van der Waals surface area contributed by atoms with E-state index in [1.807, 2.05) is 66.7 Å². The van der Waals surface area contributed by atoms with E-state index in [9.17, 15) is 14.4 Å². The second-order valence-corrected chi connectivity index (χ2v) is 8.54. The summed E-state index contributed by atoms with van der Waals surface area (Å²) in [6, 6.07) is 26.0. The van der Waals surface area contributed by atoms with Gasteiger partial charge < -0.3 is 4.74 Å². The molecule has 0 radical (unpaired) electrons. The summed E-state index contributed by atoms with van der Waals surface area (Å²) in [4.78, 5) is 38.5. The van der Waals surface area contributed by atoms with E-state index in [1.165, 1.54) is 5.56 Å². The fourth-order valence-corrected chi connectivity index (χ4v) is 4.99. The Kier molecular flexibility index (Phi) is 5.44. The molecule has 1 aliphatic carbocycles. The molecule has 0 aromatic heterocycles. The number of benzene rings is 3. The van der Waals surface area contributed by atoms with Crippen LogP contribution in [-0.2, 0) is 25.5 Å². The van der Waals surface area contributed by atoms with E-state index in [1.54, 1.807) is 0 Å². The topological polar surface area (TPSA) is 60.4 Å². The molecule has 0 spiro atoms. The zero-order valence-corrected chi connectivity index (χ0v) is 17.7. The average Bonchev–Trinajstić information content (AvgIpc) is 3.28. The lowest BCUT2D eigenvalue weighted by Crippen LogP contribution is -2.29. The molecule has 2 unspecified atom stereocenters. The zero-order chi connectivity index (χ0) is 22.1. The van der Waals surface area contributed by atoms with Gasteiger partial charge in [-0.3, -0.25) is 14.4 Å². The van der Waals surface area contributed by atoms with Crippen molar-refractivity contribution in [1.29, 1.82) is 0 Å². The Morgan fingerprint density at radius 3 is 2.03 bits per heavy atom. The SMILES string of the molecule is O=C(CC1c2ccccc2-c2ccccc21)C1C(=O)OC(CCCc2ccccc2)C1=O.